The van der Waals surface area contributed by atoms with E-state index in [9.17, 15) is 9.59 Å². The Hall–Kier alpha value is -3.22. The number of benzene rings is 1. The van der Waals surface area contributed by atoms with E-state index in [-0.39, 0.29) is 17.9 Å². The Morgan fingerprint density at radius 3 is 2.59 bits per heavy atom. The summed E-state index contributed by atoms with van der Waals surface area (Å²) in [5, 5.41) is 8.18. The maximum absolute atomic E-state index is 13.0. The third-order valence-corrected chi connectivity index (χ3v) is 5.14. The SMILES string of the molecule is COC(=O)c1ccc(CNC(=O)c2cc(C3CC3)nc3c2cnn3C(C)C)cc1. The van der Waals surface area contributed by atoms with Gasteiger partial charge in [0.25, 0.3) is 5.91 Å². The van der Waals surface area contributed by atoms with Crippen LogP contribution in [0.25, 0.3) is 11.0 Å². The van der Waals surface area contributed by atoms with E-state index in [1.165, 1.54) is 7.11 Å². The van der Waals surface area contributed by atoms with E-state index in [2.05, 4.69) is 24.3 Å². The summed E-state index contributed by atoms with van der Waals surface area (Å²) in [6.07, 6.45) is 3.95. The molecule has 0 unspecified atom stereocenters. The Balaban J connectivity index is 1.57. The molecule has 2 aromatic heterocycles. The Kier molecular flexibility index (Phi) is 5.05. The lowest BCUT2D eigenvalue weighted by Crippen LogP contribution is -2.23. The fourth-order valence-corrected chi connectivity index (χ4v) is 3.35. The van der Waals surface area contributed by atoms with Crippen LogP contribution in [-0.2, 0) is 11.3 Å². The minimum absolute atomic E-state index is 0.153. The van der Waals surface area contributed by atoms with Gasteiger partial charge in [-0.05, 0) is 50.5 Å². The van der Waals surface area contributed by atoms with Crippen molar-refractivity contribution in [2.75, 3.05) is 7.11 Å². The van der Waals surface area contributed by atoms with E-state index >= 15 is 0 Å². The summed E-state index contributed by atoms with van der Waals surface area (Å²) in [5.41, 5.74) is 3.71. The minimum Gasteiger partial charge on any atom is -0.465 e. The van der Waals surface area contributed by atoms with E-state index in [4.69, 9.17) is 9.72 Å². The zero-order valence-electron chi connectivity index (χ0n) is 16.8. The Morgan fingerprint density at radius 1 is 1.24 bits per heavy atom. The highest BCUT2D eigenvalue weighted by Crippen LogP contribution is 2.40. The van der Waals surface area contributed by atoms with Gasteiger partial charge in [0, 0.05) is 24.2 Å². The van der Waals surface area contributed by atoms with E-state index in [0.717, 1.165) is 35.1 Å². The summed E-state index contributed by atoms with van der Waals surface area (Å²) in [4.78, 5) is 29.3. The molecule has 7 nitrogen and oxygen atoms in total. The summed E-state index contributed by atoms with van der Waals surface area (Å²) in [5.74, 6) is -0.0958. The van der Waals surface area contributed by atoms with Crippen LogP contribution < -0.4 is 5.32 Å². The van der Waals surface area contributed by atoms with Crippen LogP contribution in [0.5, 0.6) is 0 Å². The van der Waals surface area contributed by atoms with Crippen molar-refractivity contribution in [2.45, 2.75) is 45.2 Å². The van der Waals surface area contributed by atoms with Crippen LogP contribution in [-0.4, -0.2) is 33.8 Å². The molecule has 150 valence electrons. The fourth-order valence-electron chi connectivity index (χ4n) is 3.35. The Bertz CT molecular complexity index is 1070. The lowest BCUT2D eigenvalue weighted by molar-refractivity contribution is 0.0600. The molecule has 1 aliphatic rings. The second-order valence-corrected chi connectivity index (χ2v) is 7.66. The van der Waals surface area contributed by atoms with Crippen molar-refractivity contribution in [3.63, 3.8) is 0 Å². The largest absolute Gasteiger partial charge is 0.465 e. The number of hydrogen-bond donors (Lipinski definition) is 1. The molecule has 4 rings (SSSR count). The number of nitrogens with zero attached hydrogens (tertiary/aromatic N) is 3. The molecule has 0 aliphatic heterocycles. The molecule has 1 saturated carbocycles. The van der Waals surface area contributed by atoms with Crippen LogP contribution >= 0.6 is 0 Å². The first-order valence-corrected chi connectivity index (χ1v) is 9.81. The van der Waals surface area contributed by atoms with Gasteiger partial charge in [0.1, 0.15) is 0 Å². The summed E-state index contributed by atoms with van der Waals surface area (Å²) < 4.78 is 6.57. The van der Waals surface area contributed by atoms with E-state index < -0.39 is 0 Å². The van der Waals surface area contributed by atoms with Gasteiger partial charge in [0.05, 0.1) is 29.8 Å². The smallest absolute Gasteiger partial charge is 0.337 e. The van der Waals surface area contributed by atoms with Gasteiger partial charge in [-0.2, -0.15) is 5.10 Å². The van der Waals surface area contributed by atoms with Gasteiger partial charge >= 0.3 is 5.97 Å². The van der Waals surface area contributed by atoms with Crippen molar-refractivity contribution in [3.05, 3.63) is 58.9 Å². The van der Waals surface area contributed by atoms with E-state index in [1.807, 2.05) is 10.7 Å². The lowest BCUT2D eigenvalue weighted by atomic mass is 10.1. The van der Waals surface area contributed by atoms with Crippen molar-refractivity contribution >= 4 is 22.9 Å². The Labute approximate surface area is 169 Å². The van der Waals surface area contributed by atoms with Crippen LogP contribution in [0, 0.1) is 0 Å². The first-order valence-electron chi connectivity index (χ1n) is 9.81. The molecule has 1 fully saturated rings. The highest BCUT2D eigenvalue weighted by atomic mass is 16.5. The van der Waals surface area contributed by atoms with Gasteiger partial charge in [0.15, 0.2) is 5.65 Å². The topological polar surface area (TPSA) is 86.1 Å². The van der Waals surface area contributed by atoms with Gasteiger partial charge in [-0.25, -0.2) is 14.5 Å². The predicted octanol–water partition coefficient (Wildman–Crippen LogP) is 3.61. The molecule has 0 atom stereocenters. The molecule has 0 bridgehead atoms. The summed E-state index contributed by atoms with van der Waals surface area (Å²) >= 11 is 0. The molecule has 29 heavy (non-hydrogen) atoms. The second-order valence-electron chi connectivity index (χ2n) is 7.66. The molecule has 0 spiro atoms. The van der Waals surface area contributed by atoms with Crippen molar-refractivity contribution in [2.24, 2.45) is 0 Å². The van der Waals surface area contributed by atoms with Gasteiger partial charge in [-0.1, -0.05) is 12.1 Å². The first-order chi connectivity index (χ1) is 14.0. The maximum Gasteiger partial charge on any atom is 0.337 e. The number of carbonyl (C=O) groups is 2. The minimum atomic E-state index is -0.380. The van der Waals surface area contributed by atoms with E-state index in [1.54, 1.807) is 30.5 Å². The molecule has 1 aliphatic carbocycles. The number of nitrogens with one attached hydrogen (secondary N) is 1. The van der Waals surface area contributed by atoms with Crippen molar-refractivity contribution < 1.29 is 14.3 Å². The molecule has 0 radical (unpaired) electrons. The van der Waals surface area contributed by atoms with Crippen molar-refractivity contribution in [1.82, 2.24) is 20.1 Å². The average Bonchev–Trinajstić information content (AvgIpc) is 3.49. The first kappa shape index (κ1) is 19.1. The van der Waals surface area contributed by atoms with Gasteiger partial charge in [0.2, 0.25) is 0 Å². The Morgan fingerprint density at radius 2 is 1.97 bits per heavy atom. The predicted molar refractivity (Wildman–Crippen MR) is 109 cm³/mol. The molecule has 0 saturated heterocycles. The third kappa shape index (κ3) is 3.85. The monoisotopic (exact) mass is 392 g/mol. The summed E-state index contributed by atoms with van der Waals surface area (Å²) in [6, 6.07) is 9.06. The molecular formula is C22H24N4O3. The number of amides is 1. The summed E-state index contributed by atoms with van der Waals surface area (Å²) in [7, 11) is 1.35. The van der Waals surface area contributed by atoms with Crippen LogP contribution in [0.1, 0.15) is 70.6 Å². The maximum atomic E-state index is 13.0. The highest BCUT2D eigenvalue weighted by Gasteiger charge is 2.28. The van der Waals surface area contributed by atoms with Crippen molar-refractivity contribution in [3.8, 4) is 0 Å². The number of rotatable bonds is 6. The van der Waals surface area contributed by atoms with Crippen LogP contribution in [0.4, 0.5) is 0 Å². The number of carbonyl (C=O) groups excluding carboxylic acids is 2. The van der Waals surface area contributed by atoms with Gasteiger partial charge in [-0.3, -0.25) is 4.79 Å². The molecule has 1 aromatic carbocycles. The zero-order chi connectivity index (χ0) is 20.5. The van der Waals surface area contributed by atoms with Crippen LogP contribution in [0.15, 0.2) is 36.5 Å². The number of aromatic nitrogens is 3. The van der Waals surface area contributed by atoms with Crippen molar-refractivity contribution in [1.29, 1.82) is 0 Å². The molecular weight excluding hydrogens is 368 g/mol. The lowest BCUT2D eigenvalue weighted by Gasteiger charge is -2.11. The number of ether oxygens (including phenoxy) is 1. The second kappa shape index (κ2) is 7.66. The van der Waals surface area contributed by atoms with E-state index in [0.29, 0.717) is 23.6 Å². The van der Waals surface area contributed by atoms with Gasteiger partial charge < -0.3 is 10.1 Å². The number of esters is 1. The quantitative estimate of drug-likeness (QED) is 0.648. The highest BCUT2D eigenvalue weighted by molar-refractivity contribution is 6.05. The molecule has 1 N–H and O–H groups in total. The number of fused-ring (bicyclic) bond motifs is 1. The number of hydrogen-bond acceptors (Lipinski definition) is 5. The molecule has 7 heteroatoms. The molecule has 1 amide bonds. The average molecular weight is 392 g/mol. The molecule has 3 aromatic rings. The normalized spacial score (nSPS) is 13.7. The zero-order valence-corrected chi connectivity index (χ0v) is 16.8. The van der Waals surface area contributed by atoms with Crippen LogP contribution in [0.3, 0.4) is 0 Å². The number of methoxy groups -OCH3 is 1. The number of pyridine rings is 1. The van der Waals surface area contributed by atoms with Gasteiger partial charge in [-0.15, -0.1) is 0 Å². The summed E-state index contributed by atoms with van der Waals surface area (Å²) in [6.45, 7) is 4.46. The van der Waals surface area contributed by atoms with Crippen LogP contribution in [0.2, 0.25) is 0 Å². The third-order valence-electron chi connectivity index (χ3n) is 5.14. The standard InChI is InChI=1S/C22H24N4O3/c1-13(2)26-20-18(12-24-26)17(10-19(25-20)15-8-9-15)21(27)23-11-14-4-6-16(7-5-14)22(28)29-3/h4-7,10,12-13,15H,8-9,11H2,1-3H3,(H,23,27). The molecule has 2 heterocycles. The fraction of sp³-hybridized carbons (Fsp3) is 0.364.